The lowest BCUT2D eigenvalue weighted by Gasteiger charge is -2.29. The molecule has 1 aliphatic heterocycles. The van der Waals surface area contributed by atoms with Gasteiger partial charge in [0.2, 0.25) is 5.82 Å². The highest BCUT2D eigenvalue weighted by atomic mass is 19.2. The van der Waals surface area contributed by atoms with Gasteiger partial charge in [-0.2, -0.15) is 4.39 Å². The van der Waals surface area contributed by atoms with E-state index in [-0.39, 0.29) is 29.1 Å². The van der Waals surface area contributed by atoms with E-state index in [0.29, 0.717) is 31.8 Å². The van der Waals surface area contributed by atoms with Gasteiger partial charge < -0.3 is 14.2 Å². The Morgan fingerprint density at radius 1 is 1.03 bits per heavy atom. The zero-order chi connectivity index (χ0) is 20.8. The molecule has 2 aromatic rings. The van der Waals surface area contributed by atoms with Crippen molar-refractivity contribution in [2.24, 2.45) is 0 Å². The Kier molecular flexibility index (Phi) is 7.56. The second-order valence-corrected chi connectivity index (χ2v) is 7.15. The normalized spacial score (nSPS) is 19.3. The van der Waals surface area contributed by atoms with E-state index in [1.807, 2.05) is 13.8 Å². The van der Waals surface area contributed by atoms with Crippen molar-refractivity contribution < 1.29 is 27.4 Å². The molecule has 1 aliphatic rings. The van der Waals surface area contributed by atoms with Crippen LogP contribution in [0, 0.1) is 17.5 Å². The predicted octanol–water partition coefficient (Wildman–Crippen LogP) is 6.21. The minimum absolute atomic E-state index is 0.00300. The molecule has 2 unspecified atom stereocenters. The van der Waals surface area contributed by atoms with Gasteiger partial charge in [-0.25, -0.2) is 8.78 Å². The molecule has 6 heteroatoms. The van der Waals surface area contributed by atoms with Crippen LogP contribution in [0.4, 0.5) is 13.2 Å². The molecular weight excluding hydrogens is 381 g/mol. The fraction of sp³-hybridized carbons (Fsp3) is 0.478. The Bertz CT molecular complexity index is 817. The summed E-state index contributed by atoms with van der Waals surface area (Å²) in [7, 11) is 0. The fourth-order valence-electron chi connectivity index (χ4n) is 3.49. The molecule has 1 fully saturated rings. The fourth-order valence-corrected chi connectivity index (χ4v) is 3.49. The van der Waals surface area contributed by atoms with E-state index in [4.69, 9.17) is 14.2 Å². The van der Waals surface area contributed by atoms with Crippen LogP contribution >= 0.6 is 0 Å². The Morgan fingerprint density at radius 2 is 1.86 bits per heavy atom. The first-order valence-electron chi connectivity index (χ1n) is 10.2. The summed E-state index contributed by atoms with van der Waals surface area (Å²) in [5, 5.41) is 0. The van der Waals surface area contributed by atoms with E-state index in [2.05, 4.69) is 0 Å². The van der Waals surface area contributed by atoms with Crippen molar-refractivity contribution in [2.45, 2.75) is 51.7 Å². The highest BCUT2D eigenvalue weighted by Gasteiger charge is 2.26. The van der Waals surface area contributed by atoms with Gasteiger partial charge in [-0.3, -0.25) is 0 Å². The summed E-state index contributed by atoms with van der Waals surface area (Å²) in [5.74, 6) is -2.72. The largest absolute Gasteiger partial charge is 0.490 e. The molecule has 0 radical (unpaired) electrons. The molecule has 1 heterocycles. The van der Waals surface area contributed by atoms with Gasteiger partial charge in [0.25, 0.3) is 0 Å². The van der Waals surface area contributed by atoms with E-state index in [9.17, 15) is 13.2 Å². The first kappa shape index (κ1) is 21.7. The van der Waals surface area contributed by atoms with Crippen LogP contribution in [-0.4, -0.2) is 25.9 Å². The molecule has 1 saturated heterocycles. The quantitative estimate of drug-likeness (QED) is 0.486. The van der Waals surface area contributed by atoms with Crippen molar-refractivity contribution >= 4 is 0 Å². The van der Waals surface area contributed by atoms with Crippen molar-refractivity contribution in [1.82, 2.24) is 0 Å². The Labute approximate surface area is 169 Å². The number of benzene rings is 2. The maximum absolute atomic E-state index is 14.7. The maximum atomic E-state index is 14.7. The lowest BCUT2D eigenvalue weighted by Crippen LogP contribution is -2.27. The zero-order valence-corrected chi connectivity index (χ0v) is 16.8. The van der Waals surface area contributed by atoms with Gasteiger partial charge in [-0.15, -0.1) is 0 Å². The summed E-state index contributed by atoms with van der Waals surface area (Å²) in [6.45, 7) is 5.26. The van der Waals surface area contributed by atoms with Crippen molar-refractivity contribution in [1.29, 1.82) is 0 Å². The summed E-state index contributed by atoms with van der Waals surface area (Å²) in [4.78, 5) is 0. The molecule has 2 aromatic carbocycles. The van der Waals surface area contributed by atoms with Gasteiger partial charge >= 0.3 is 0 Å². The van der Waals surface area contributed by atoms with E-state index >= 15 is 0 Å². The van der Waals surface area contributed by atoms with E-state index in [1.165, 1.54) is 18.2 Å². The number of rotatable bonds is 8. The highest BCUT2D eigenvalue weighted by molar-refractivity contribution is 5.66. The third-order valence-corrected chi connectivity index (χ3v) is 5.10. The van der Waals surface area contributed by atoms with E-state index in [1.54, 1.807) is 12.1 Å². The summed E-state index contributed by atoms with van der Waals surface area (Å²) in [6.07, 6.45) is 2.76. The highest BCUT2D eigenvalue weighted by Crippen LogP contribution is 2.35. The van der Waals surface area contributed by atoms with Gasteiger partial charge in [-0.05, 0) is 49.9 Å². The van der Waals surface area contributed by atoms with Crippen LogP contribution in [0.25, 0.3) is 11.1 Å². The lowest BCUT2D eigenvalue weighted by atomic mass is 9.96. The molecule has 0 aromatic heterocycles. The van der Waals surface area contributed by atoms with Crippen LogP contribution < -0.4 is 4.74 Å². The van der Waals surface area contributed by atoms with Crippen LogP contribution in [0.2, 0.25) is 0 Å². The van der Waals surface area contributed by atoms with Crippen LogP contribution in [0.5, 0.6) is 5.75 Å². The summed E-state index contributed by atoms with van der Waals surface area (Å²) in [6, 6.07) is 7.19. The second kappa shape index (κ2) is 10.1. The molecule has 2 atom stereocenters. The third-order valence-electron chi connectivity index (χ3n) is 5.10. The van der Waals surface area contributed by atoms with Crippen LogP contribution in [0.15, 0.2) is 30.3 Å². The number of ether oxygens (including phenoxy) is 3. The second-order valence-electron chi connectivity index (χ2n) is 7.15. The average molecular weight is 408 g/mol. The molecule has 0 bridgehead atoms. The number of hydrogen-bond donors (Lipinski definition) is 0. The van der Waals surface area contributed by atoms with Crippen molar-refractivity contribution in [2.75, 3.05) is 19.8 Å². The minimum atomic E-state index is -1.05. The van der Waals surface area contributed by atoms with Gasteiger partial charge in [0, 0.05) is 17.7 Å². The van der Waals surface area contributed by atoms with E-state index in [0.717, 1.165) is 19.3 Å². The molecule has 0 spiro atoms. The maximum Gasteiger partial charge on any atom is 0.201 e. The molecule has 0 N–H and O–H groups in total. The minimum Gasteiger partial charge on any atom is -0.490 e. The van der Waals surface area contributed by atoms with Crippen LogP contribution in [0.1, 0.15) is 51.2 Å². The van der Waals surface area contributed by atoms with Gasteiger partial charge in [-0.1, -0.05) is 25.5 Å². The Balaban J connectivity index is 1.76. The molecule has 0 saturated carbocycles. The van der Waals surface area contributed by atoms with Crippen molar-refractivity contribution in [3.05, 3.63) is 53.3 Å². The van der Waals surface area contributed by atoms with Crippen molar-refractivity contribution in [3.8, 4) is 16.9 Å². The third kappa shape index (κ3) is 5.11. The van der Waals surface area contributed by atoms with Crippen molar-refractivity contribution in [3.63, 3.8) is 0 Å². The molecule has 29 heavy (non-hydrogen) atoms. The van der Waals surface area contributed by atoms with Crippen LogP contribution in [0.3, 0.4) is 0 Å². The summed E-state index contributed by atoms with van der Waals surface area (Å²) < 4.78 is 60.2. The van der Waals surface area contributed by atoms with Gasteiger partial charge in [0.1, 0.15) is 5.82 Å². The molecule has 3 nitrogen and oxygen atoms in total. The van der Waals surface area contributed by atoms with Crippen LogP contribution in [-0.2, 0) is 9.47 Å². The summed E-state index contributed by atoms with van der Waals surface area (Å²) >= 11 is 0. The summed E-state index contributed by atoms with van der Waals surface area (Å²) in [5.41, 5.74) is 0.687. The lowest BCUT2D eigenvalue weighted by molar-refractivity contribution is -0.0849. The van der Waals surface area contributed by atoms with Gasteiger partial charge in [0.15, 0.2) is 11.6 Å². The Hall–Kier alpha value is -2.05. The Morgan fingerprint density at radius 3 is 2.52 bits per heavy atom. The molecule has 0 amide bonds. The first-order chi connectivity index (χ1) is 14.0. The molecule has 158 valence electrons. The standard InChI is InChI=1S/C23H27F3O3/c1-3-5-12-28-21-11-9-17(22(25)23(21)26)15-6-8-18(19(24)13-15)20-10-7-16(14-29-20)27-4-2/h6,8-9,11,13,16,20H,3-5,7,10,12,14H2,1-2H3. The molecule has 0 aliphatic carbocycles. The first-order valence-corrected chi connectivity index (χ1v) is 10.2. The number of halogens is 3. The monoisotopic (exact) mass is 408 g/mol. The smallest absolute Gasteiger partial charge is 0.201 e. The molecular formula is C23H27F3O3. The van der Waals surface area contributed by atoms with Gasteiger partial charge in [0.05, 0.1) is 25.4 Å². The molecule has 3 rings (SSSR count). The average Bonchev–Trinajstić information content (AvgIpc) is 2.72. The number of hydrogen-bond acceptors (Lipinski definition) is 3. The SMILES string of the molecule is CCCCOc1ccc(-c2ccc(C3CCC(OCC)CO3)c(F)c2)c(F)c1F. The predicted molar refractivity (Wildman–Crippen MR) is 105 cm³/mol. The van der Waals surface area contributed by atoms with E-state index < -0.39 is 17.5 Å². The number of unbranched alkanes of at least 4 members (excludes halogenated alkanes) is 1. The topological polar surface area (TPSA) is 27.7 Å². The zero-order valence-electron chi connectivity index (χ0n) is 16.8.